The number of rotatable bonds is 3. The molecule has 0 spiro atoms. The molecule has 3 nitrogen and oxygen atoms in total. The van der Waals surface area contributed by atoms with Gasteiger partial charge in [-0.25, -0.2) is 4.79 Å². The van der Waals surface area contributed by atoms with Crippen molar-refractivity contribution in [3.8, 4) is 5.75 Å². The Bertz CT molecular complexity index is 483. The van der Waals surface area contributed by atoms with Gasteiger partial charge in [-0.3, -0.25) is 0 Å². The van der Waals surface area contributed by atoms with Crippen LogP contribution in [0.5, 0.6) is 5.75 Å². The number of hydrogen-bond acceptors (Lipinski definition) is 3. The number of methoxy groups -OCH3 is 1. The summed E-state index contributed by atoms with van der Waals surface area (Å²) in [6.45, 7) is 4.07. The monoisotopic (exact) mass is 231 g/mol. The number of ether oxygens (including phenoxy) is 1. The Morgan fingerprint density at radius 2 is 2.06 bits per heavy atom. The Kier molecular flexibility index (Phi) is 3.03. The maximum absolute atomic E-state index is 10.6. The van der Waals surface area contributed by atoms with E-state index in [4.69, 9.17) is 4.74 Å². The molecule has 0 amide bonds. The highest BCUT2D eigenvalue weighted by atomic mass is 16.5. The highest BCUT2D eigenvalue weighted by Crippen LogP contribution is 2.49. The van der Waals surface area contributed by atoms with Crippen LogP contribution in [-0.4, -0.2) is 13.2 Å². The van der Waals surface area contributed by atoms with E-state index in [0.717, 1.165) is 36.1 Å². The van der Waals surface area contributed by atoms with Crippen LogP contribution >= 0.6 is 0 Å². The second-order valence-electron chi connectivity index (χ2n) is 4.75. The van der Waals surface area contributed by atoms with Gasteiger partial charge in [0, 0.05) is 5.56 Å². The highest BCUT2D eigenvalue weighted by Gasteiger charge is 2.41. The molecule has 1 saturated carbocycles. The fraction of sp³-hybridized carbons (Fsp3) is 0.500. The van der Waals surface area contributed by atoms with Crippen molar-refractivity contribution < 1.29 is 9.53 Å². The Hall–Kier alpha value is -1.60. The molecule has 90 valence electrons. The highest BCUT2D eigenvalue weighted by molar-refractivity contribution is 5.50. The summed E-state index contributed by atoms with van der Waals surface area (Å²) in [5.41, 5.74) is 2.91. The van der Waals surface area contributed by atoms with Crippen molar-refractivity contribution in [2.45, 2.75) is 38.6 Å². The molecule has 0 saturated heterocycles. The van der Waals surface area contributed by atoms with Gasteiger partial charge in [-0.2, -0.15) is 4.99 Å². The largest absolute Gasteiger partial charge is 0.496 e. The minimum atomic E-state index is -0.385. The first kappa shape index (κ1) is 11.9. The standard InChI is InChI=1S/C14H17NO2/c1-10-7-11(2)13(17-3)12(8-10)14(15-9-16)5-4-6-14/h7-8H,4-6H2,1-3H3. The number of carbonyl (C=O) groups excluding carboxylic acids is 1. The molecule has 0 aliphatic heterocycles. The number of benzene rings is 1. The number of aryl methyl sites for hydroxylation is 2. The van der Waals surface area contributed by atoms with E-state index in [2.05, 4.69) is 17.1 Å². The first-order valence-electron chi connectivity index (χ1n) is 5.88. The van der Waals surface area contributed by atoms with Crippen LogP contribution < -0.4 is 4.74 Å². The number of aliphatic imine (C=N–C) groups is 1. The molecule has 3 heteroatoms. The fourth-order valence-corrected chi connectivity index (χ4v) is 2.61. The van der Waals surface area contributed by atoms with E-state index in [1.54, 1.807) is 13.2 Å². The first-order chi connectivity index (χ1) is 8.13. The lowest BCUT2D eigenvalue weighted by molar-refractivity contribution is 0.245. The van der Waals surface area contributed by atoms with Crippen LogP contribution in [0.2, 0.25) is 0 Å². The molecule has 0 aromatic heterocycles. The lowest BCUT2D eigenvalue weighted by Gasteiger charge is -2.38. The van der Waals surface area contributed by atoms with Crippen molar-refractivity contribution in [2.24, 2.45) is 4.99 Å². The minimum absolute atomic E-state index is 0.385. The summed E-state index contributed by atoms with van der Waals surface area (Å²) in [6.07, 6.45) is 4.63. The SMILES string of the molecule is COc1c(C)cc(C)cc1C1(N=C=O)CCC1. The van der Waals surface area contributed by atoms with Gasteiger partial charge in [-0.1, -0.05) is 11.6 Å². The lowest BCUT2D eigenvalue weighted by atomic mass is 9.71. The smallest absolute Gasteiger partial charge is 0.235 e. The number of hydrogen-bond donors (Lipinski definition) is 0. The van der Waals surface area contributed by atoms with E-state index >= 15 is 0 Å². The molecule has 1 aliphatic rings. The third-order valence-corrected chi connectivity index (χ3v) is 3.56. The number of isocyanates is 1. The molecule has 1 aromatic carbocycles. The van der Waals surface area contributed by atoms with Crippen LogP contribution in [0.4, 0.5) is 0 Å². The Morgan fingerprint density at radius 3 is 2.53 bits per heavy atom. The summed E-state index contributed by atoms with van der Waals surface area (Å²) in [4.78, 5) is 14.7. The predicted octanol–water partition coefficient (Wildman–Crippen LogP) is 3.03. The molecule has 0 N–H and O–H groups in total. The van der Waals surface area contributed by atoms with E-state index in [0.29, 0.717) is 0 Å². The average Bonchev–Trinajstić information content (AvgIpc) is 2.22. The van der Waals surface area contributed by atoms with Crippen molar-refractivity contribution in [1.82, 2.24) is 0 Å². The lowest BCUT2D eigenvalue weighted by Crippen LogP contribution is -2.32. The summed E-state index contributed by atoms with van der Waals surface area (Å²) in [5.74, 6) is 0.856. The Labute approximate surface area is 102 Å². The predicted molar refractivity (Wildman–Crippen MR) is 66.1 cm³/mol. The molecular formula is C14H17NO2. The van der Waals surface area contributed by atoms with Gasteiger partial charge in [0.15, 0.2) is 0 Å². The molecule has 0 radical (unpaired) electrons. The second-order valence-corrected chi connectivity index (χ2v) is 4.75. The summed E-state index contributed by atoms with van der Waals surface area (Å²) in [7, 11) is 1.66. The van der Waals surface area contributed by atoms with E-state index in [-0.39, 0.29) is 5.54 Å². The minimum Gasteiger partial charge on any atom is -0.496 e. The van der Waals surface area contributed by atoms with Gasteiger partial charge in [0.25, 0.3) is 0 Å². The van der Waals surface area contributed by atoms with Crippen molar-refractivity contribution in [3.63, 3.8) is 0 Å². The quantitative estimate of drug-likeness (QED) is 0.592. The summed E-state index contributed by atoms with van der Waals surface area (Å²) < 4.78 is 5.47. The Balaban J connectivity index is 2.60. The summed E-state index contributed by atoms with van der Waals surface area (Å²) >= 11 is 0. The van der Waals surface area contributed by atoms with Gasteiger partial charge in [0.05, 0.1) is 7.11 Å². The van der Waals surface area contributed by atoms with Crippen molar-refractivity contribution >= 4 is 6.08 Å². The van der Waals surface area contributed by atoms with Crippen LogP contribution in [0, 0.1) is 13.8 Å². The topological polar surface area (TPSA) is 38.7 Å². The maximum Gasteiger partial charge on any atom is 0.235 e. The summed E-state index contributed by atoms with van der Waals surface area (Å²) in [5, 5.41) is 0. The van der Waals surface area contributed by atoms with Gasteiger partial charge in [-0.05, 0) is 44.7 Å². The van der Waals surface area contributed by atoms with Crippen LogP contribution in [0.1, 0.15) is 36.0 Å². The van der Waals surface area contributed by atoms with E-state index in [1.807, 2.05) is 13.8 Å². The van der Waals surface area contributed by atoms with Gasteiger partial charge < -0.3 is 4.74 Å². The van der Waals surface area contributed by atoms with Crippen LogP contribution in [0.25, 0.3) is 0 Å². The molecule has 0 heterocycles. The molecular weight excluding hydrogens is 214 g/mol. The van der Waals surface area contributed by atoms with Gasteiger partial charge in [-0.15, -0.1) is 0 Å². The van der Waals surface area contributed by atoms with E-state index in [1.165, 1.54) is 5.56 Å². The normalized spacial score (nSPS) is 16.9. The zero-order chi connectivity index (χ0) is 12.5. The average molecular weight is 231 g/mol. The molecule has 1 aromatic rings. The molecule has 0 atom stereocenters. The zero-order valence-electron chi connectivity index (χ0n) is 10.5. The van der Waals surface area contributed by atoms with Crippen molar-refractivity contribution in [1.29, 1.82) is 0 Å². The van der Waals surface area contributed by atoms with Gasteiger partial charge in [0.1, 0.15) is 11.3 Å². The van der Waals surface area contributed by atoms with E-state index in [9.17, 15) is 4.79 Å². The third-order valence-electron chi connectivity index (χ3n) is 3.56. The Morgan fingerprint density at radius 1 is 1.35 bits per heavy atom. The summed E-state index contributed by atoms with van der Waals surface area (Å²) in [6, 6.07) is 4.16. The number of nitrogens with zero attached hydrogens (tertiary/aromatic N) is 1. The van der Waals surface area contributed by atoms with Gasteiger partial charge >= 0.3 is 0 Å². The van der Waals surface area contributed by atoms with Crippen molar-refractivity contribution in [2.75, 3.05) is 7.11 Å². The molecule has 0 bridgehead atoms. The van der Waals surface area contributed by atoms with Gasteiger partial charge in [0.2, 0.25) is 6.08 Å². The molecule has 17 heavy (non-hydrogen) atoms. The molecule has 2 rings (SSSR count). The van der Waals surface area contributed by atoms with Crippen LogP contribution in [0.15, 0.2) is 17.1 Å². The van der Waals surface area contributed by atoms with Crippen LogP contribution in [-0.2, 0) is 10.3 Å². The molecule has 1 aliphatic carbocycles. The molecule has 0 unspecified atom stereocenters. The third kappa shape index (κ3) is 1.87. The van der Waals surface area contributed by atoms with E-state index < -0.39 is 0 Å². The first-order valence-corrected chi connectivity index (χ1v) is 5.88. The zero-order valence-corrected chi connectivity index (χ0v) is 10.5. The maximum atomic E-state index is 10.6. The fourth-order valence-electron chi connectivity index (χ4n) is 2.61. The van der Waals surface area contributed by atoms with Crippen molar-refractivity contribution in [3.05, 3.63) is 28.8 Å². The second kappa shape index (κ2) is 4.34. The molecule has 1 fully saturated rings. The van der Waals surface area contributed by atoms with Crippen LogP contribution in [0.3, 0.4) is 0 Å².